The van der Waals surface area contributed by atoms with Crippen LogP contribution in [0.5, 0.6) is 0 Å². The maximum atomic E-state index is 12.5. The van der Waals surface area contributed by atoms with Crippen molar-refractivity contribution in [3.05, 3.63) is 41.3 Å². The smallest absolute Gasteiger partial charge is 0.341 e. The van der Waals surface area contributed by atoms with Crippen LogP contribution >= 0.6 is 11.3 Å². The third-order valence-electron chi connectivity index (χ3n) is 4.31. The molecular formula is C18H18N2O5S. The Hall–Kier alpha value is -2.87. The minimum atomic E-state index is -0.905. The first-order valence-electron chi connectivity index (χ1n) is 8.05. The highest BCUT2D eigenvalue weighted by Crippen LogP contribution is 2.36. The normalized spacial score (nSPS) is 16.3. The van der Waals surface area contributed by atoms with Gasteiger partial charge in [-0.25, -0.2) is 9.59 Å². The van der Waals surface area contributed by atoms with Gasteiger partial charge >= 0.3 is 18.0 Å². The molecule has 0 aliphatic carbocycles. The maximum absolute atomic E-state index is 12.5. The Balaban J connectivity index is 1.84. The molecule has 1 fully saturated rings. The number of carboxylic acids is 1. The standard InChI is InChI=1S/C18H18N2O5S/c1-25-17(23)14-13(11-5-3-2-4-6-11)10-26-15(14)19-18(24)20-8-7-12(9-20)16(21)22/h2-6,10,12H,7-9H2,1H3,(H,19,24)(H,21,22). The number of aliphatic carboxylic acids is 1. The molecule has 1 aliphatic heterocycles. The molecule has 7 nitrogen and oxygen atoms in total. The number of carboxylic acid groups (broad SMARTS) is 1. The third-order valence-corrected chi connectivity index (χ3v) is 5.21. The van der Waals surface area contributed by atoms with Gasteiger partial charge in [0.15, 0.2) is 0 Å². The van der Waals surface area contributed by atoms with Crippen LogP contribution in [-0.4, -0.2) is 48.2 Å². The van der Waals surface area contributed by atoms with E-state index in [9.17, 15) is 14.4 Å². The molecule has 0 bridgehead atoms. The summed E-state index contributed by atoms with van der Waals surface area (Å²) in [6, 6.07) is 8.93. The number of nitrogens with zero attached hydrogens (tertiary/aromatic N) is 1. The second-order valence-corrected chi connectivity index (χ2v) is 6.79. The van der Waals surface area contributed by atoms with Crippen molar-refractivity contribution in [2.75, 3.05) is 25.5 Å². The van der Waals surface area contributed by atoms with E-state index in [2.05, 4.69) is 5.32 Å². The zero-order valence-corrected chi connectivity index (χ0v) is 14.9. The number of ether oxygens (including phenoxy) is 1. The van der Waals surface area contributed by atoms with Gasteiger partial charge in [-0.15, -0.1) is 11.3 Å². The lowest BCUT2D eigenvalue weighted by atomic mass is 10.0. The van der Waals surface area contributed by atoms with Crippen molar-refractivity contribution >= 4 is 34.3 Å². The number of rotatable bonds is 4. The van der Waals surface area contributed by atoms with Crippen LogP contribution in [0.15, 0.2) is 35.7 Å². The summed E-state index contributed by atoms with van der Waals surface area (Å²) in [5.74, 6) is -1.99. The zero-order valence-electron chi connectivity index (χ0n) is 14.1. The molecule has 2 heterocycles. The fraction of sp³-hybridized carbons (Fsp3) is 0.278. The zero-order chi connectivity index (χ0) is 18.7. The predicted octanol–water partition coefficient (Wildman–Crippen LogP) is 3.14. The summed E-state index contributed by atoms with van der Waals surface area (Å²) in [4.78, 5) is 37.2. The number of nitrogens with one attached hydrogen (secondary N) is 1. The van der Waals surface area contributed by atoms with Crippen molar-refractivity contribution in [2.45, 2.75) is 6.42 Å². The van der Waals surface area contributed by atoms with Crippen molar-refractivity contribution in [1.82, 2.24) is 4.90 Å². The molecule has 1 aromatic carbocycles. The van der Waals surface area contributed by atoms with Gasteiger partial charge in [0, 0.05) is 24.0 Å². The molecule has 2 amide bonds. The number of thiophene rings is 1. The molecule has 2 N–H and O–H groups in total. The fourth-order valence-electron chi connectivity index (χ4n) is 2.91. The van der Waals surface area contributed by atoms with E-state index in [4.69, 9.17) is 9.84 Å². The Labute approximate surface area is 154 Å². The van der Waals surface area contributed by atoms with Crippen LogP contribution in [0.3, 0.4) is 0 Å². The van der Waals surface area contributed by atoms with Gasteiger partial charge in [-0.1, -0.05) is 30.3 Å². The van der Waals surface area contributed by atoms with Crippen LogP contribution < -0.4 is 5.32 Å². The molecule has 0 radical (unpaired) electrons. The molecule has 8 heteroatoms. The van der Waals surface area contributed by atoms with E-state index in [1.54, 1.807) is 5.38 Å². The van der Waals surface area contributed by atoms with Gasteiger partial charge in [0.25, 0.3) is 0 Å². The van der Waals surface area contributed by atoms with Crippen molar-refractivity contribution in [3.8, 4) is 11.1 Å². The summed E-state index contributed by atoms with van der Waals surface area (Å²) >= 11 is 1.23. The summed E-state index contributed by atoms with van der Waals surface area (Å²) in [5, 5.41) is 14.0. The Kier molecular flexibility index (Phi) is 5.22. The number of likely N-dealkylation sites (tertiary alicyclic amines) is 1. The van der Waals surface area contributed by atoms with E-state index < -0.39 is 23.9 Å². The fourth-order valence-corrected chi connectivity index (χ4v) is 3.85. The summed E-state index contributed by atoms with van der Waals surface area (Å²) in [6.45, 7) is 0.527. The van der Waals surface area contributed by atoms with Crippen molar-refractivity contribution < 1.29 is 24.2 Å². The molecule has 0 spiro atoms. The summed E-state index contributed by atoms with van der Waals surface area (Å²) in [5.41, 5.74) is 1.82. The number of esters is 1. The molecule has 1 saturated heterocycles. The lowest BCUT2D eigenvalue weighted by Crippen LogP contribution is -2.34. The molecular weight excluding hydrogens is 356 g/mol. The molecule has 0 saturated carbocycles. The van der Waals surface area contributed by atoms with Gasteiger partial charge in [0.2, 0.25) is 0 Å². The first-order chi connectivity index (χ1) is 12.5. The number of carbonyl (C=O) groups is 3. The van der Waals surface area contributed by atoms with Crippen LogP contribution in [-0.2, 0) is 9.53 Å². The van der Waals surface area contributed by atoms with Crippen LogP contribution in [0.1, 0.15) is 16.8 Å². The van der Waals surface area contributed by atoms with Crippen molar-refractivity contribution in [2.24, 2.45) is 5.92 Å². The lowest BCUT2D eigenvalue weighted by Gasteiger charge is -2.16. The van der Waals surface area contributed by atoms with E-state index in [1.165, 1.54) is 23.3 Å². The molecule has 1 atom stereocenters. The second-order valence-electron chi connectivity index (χ2n) is 5.91. The van der Waals surface area contributed by atoms with Crippen LogP contribution in [0.4, 0.5) is 9.80 Å². The second kappa shape index (κ2) is 7.57. The molecule has 136 valence electrons. The SMILES string of the molecule is COC(=O)c1c(-c2ccccc2)csc1NC(=O)N1CCC(C(=O)O)C1. The quantitative estimate of drug-likeness (QED) is 0.802. The monoisotopic (exact) mass is 374 g/mol. The van der Waals surface area contributed by atoms with E-state index in [0.29, 0.717) is 29.1 Å². The average Bonchev–Trinajstić information content (AvgIpc) is 3.29. The molecule has 2 aromatic rings. The Bertz CT molecular complexity index is 833. The Morgan fingerprint density at radius 1 is 1.27 bits per heavy atom. The third kappa shape index (κ3) is 3.55. The number of urea groups is 1. The van der Waals surface area contributed by atoms with Crippen molar-refractivity contribution in [3.63, 3.8) is 0 Å². The number of carbonyl (C=O) groups excluding carboxylic acids is 2. The van der Waals surface area contributed by atoms with E-state index in [-0.39, 0.29) is 6.54 Å². The maximum Gasteiger partial charge on any atom is 0.341 e. The number of benzene rings is 1. The number of amides is 2. The topological polar surface area (TPSA) is 95.9 Å². The largest absolute Gasteiger partial charge is 0.481 e. The van der Waals surface area contributed by atoms with Gasteiger partial charge in [0.05, 0.1) is 13.0 Å². The van der Waals surface area contributed by atoms with Crippen LogP contribution in [0.25, 0.3) is 11.1 Å². The Morgan fingerprint density at radius 2 is 2.00 bits per heavy atom. The van der Waals surface area contributed by atoms with E-state index in [1.807, 2.05) is 30.3 Å². The average molecular weight is 374 g/mol. The highest BCUT2D eigenvalue weighted by Gasteiger charge is 2.32. The number of anilines is 1. The summed E-state index contributed by atoms with van der Waals surface area (Å²) < 4.78 is 4.88. The number of hydrogen-bond donors (Lipinski definition) is 2. The van der Waals surface area contributed by atoms with Gasteiger partial charge in [-0.2, -0.15) is 0 Å². The minimum absolute atomic E-state index is 0.158. The van der Waals surface area contributed by atoms with Crippen LogP contribution in [0, 0.1) is 5.92 Å². The minimum Gasteiger partial charge on any atom is -0.481 e. The van der Waals surface area contributed by atoms with E-state index >= 15 is 0 Å². The molecule has 1 aliphatic rings. The molecule has 1 unspecified atom stereocenters. The summed E-state index contributed by atoms with van der Waals surface area (Å²) in [6.07, 6.45) is 0.423. The van der Waals surface area contributed by atoms with Crippen LogP contribution in [0.2, 0.25) is 0 Å². The highest BCUT2D eigenvalue weighted by molar-refractivity contribution is 7.15. The highest BCUT2D eigenvalue weighted by atomic mass is 32.1. The lowest BCUT2D eigenvalue weighted by molar-refractivity contribution is -0.141. The first-order valence-corrected chi connectivity index (χ1v) is 8.93. The summed E-state index contributed by atoms with van der Waals surface area (Å²) in [7, 11) is 1.29. The van der Waals surface area contributed by atoms with E-state index in [0.717, 1.165) is 5.56 Å². The van der Waals surface area contributed by atoms with Gasteiger partial charge in [-0.3, -0.25) is 10.1 Å². The van der Waals surface area contributed by atoms with Gasteiger partial charge in [0.1, 0.15) is 10.6 Å². The molecule has 26 heavy (non-hydrogen) atoms. The molecule has 1 aromatic heterocycles. The van der Waals surface area contributed by atoms with Crippen molar-refractivity contribution in [1.29, 1.82) is 0 Å². The number of methoxy groups -OCH3 is 1. The first kappa shape index (κ1) is 17.9. The number of hydrogen-bond acceptors (Lipinski definition) is 5. The van der Waals surface area contributed by atoms with Gasteiger partial charge < -0.3 is 14.7 Å². The van der Waals surface area contributed by atoms with Gasteiger partial charge in [-0.05, 0) is 12.0 Å². The Morgan fingerprint density at radius 3 is 2.62 bits per heavy atom. The predicted molar refractivity (Wildman–Crippen MR) is 97.4 cm³/mol. The molecule has 3 rings (SSSR count).